The highest BCUT2D eigenvalue weighted by Gasteiger charge is 2.21. The Morgan fingerprint density at radius 1 is 1.50 bits per heavy atom. The Morgan fingerprint density at radius 3 is 2.78 bits per heavy atom. The molecule has 0 bridgehead atoms. The van der Waals surface area contributed by atoms with Gasteiger partial charge in [-0.25, -0.2) is 0 Å². The summed E-state index contributed by atoms with van der Waals surface area (Å²) in [6.07, 6.45) is 5.88. The molecule has 1 saturated heterocycles. The summed E-state index contributed by atoms with van der Waals surface area (Å²) in [6.45, 7) is 6.47. The van der Waals surface area contributed by atoms with Crippen LogP contribution >= 0.6 is 0 Å². The lowest BCUT2D eigenvalue weighted by molar-refractivity contribution is -0.129. The number of aromatic nitrogens is 2. The van der Waals surface area contributed by atoms with Gasteiger partial charge in [-0.3, -0.25) is 9.48 Å². The second-order valence-electron chi connectivity index (χ2n) is 5.08. The van der Waals surface area contributed by atoms with Crippen LogP contribution in [0.4, 0.5) is 0 Å². The normalized spacial score (nSPS) is 18.9. The number of nitrogens with zero attached hydrogens (tertiary/aromatic N) is 3. The molecular weight excluding hydrogens is 228 g/mol. The van der Waals surface area contributed by atoms with E-state index in [1.54, 1.807) is 13.1 Å². The monoisotopic (exact) mass is 250 g/mol. The molecule has 2 heterocycles. The van der Waals surface area contributed by atoms with Gasteiger partial charge in [0, 0.05) is 44.5 Å². The average molecular weight is 250 g/mol. The minimum absolute atomic E-state index is 0.193. The van der Waals surface area contributed by atoms with Crippen LogP contribution < -0.4 is 5.32 Å². The zero-order chi connectivity index (χ0) is 13.0. The number of amides is 1. The highest BCUT2D eigenvalue weighted by Crippen LogP contribution is 2.11. The fourth-order valence-corrected chi connectivity index (χ4v) is 2.51. The van der Waals surface area contributed by atoms with Gasteiger partial charge in [0.05, 0.1) is 6.54 Å². The van der Waals surface area contributed by atoms with Crippen LogP contribution in [0.2, 0.25) is 0 Å². The van der Waals surface area contributed by atoms with Crippen molar-refractivity contribution in [2.75, 3.05) is 13.1 Å². The second kappa shape index (κ2) is 6.00. The van der Waals surface area contributed by atoms with E-state index in [2.05, 4.69) is 17.3 Å². The van der Waals surface area contributed by atoms with Gasteiger partial charge in [0.2, 0.25) is 5.91 Å². The lowest BCUT2D eigenvalue weighted by Crippen LogP contribution is -2.47. The number of nitrogens with one attached hydrogen (secondary N) is 1. The Morgan fingerprint density at radius 2 is 2.22 bits per heavy atom. The number of hydrogen-bond donors (Lipinski definition) is 1. The molecule has 2 rings (SSSR count). The summed E-state index contributed by atoms with van der Waals surface area (Å²) < 4.78 is 1.95. The van der Waals surface area contributed by atoms with E-state index < -0.39 is 0 Å². The van der Waals surface area contributed by atoms with Crippen LogP contribution in [0.15, 0.2) is 18.5 Å². The van der Waals surface area contributed by atoms with Crippen LogP contribution in [-0.2, 0) is 11.3 Å². The van der Waals surface area contributed by atoms with Gasteiger partial charge in [-0.15, -0.1) is 0 Å². The summed E-state index contributed by atoms with van der Waals surface area (Å²) in [5, 5.41) is 7.83. The fourth-order valence-electron chi connectivity index (χ4n) is 2.51. The third kappa shape index (κ3) is 3.57. The molecule has 18 heavy (non-hydrogen) atoms. The SMILES string of the molecule is CC(=O)N1CCC(NC(C)Cn2cccn2)CC1. The highest BCUT2D eigenvalue weighted by atomic mass is 16.2. The van der Waals surface area contributed by atoms with Gasteiger partial charge in [0.25, 0.3) is 0 Å². The summed E-state index contributed by atoms with van der Waals surface area (Å²) >= 11 is 0. The van der Waals surface area contributed by atoms with Gasteiger partial charge in [0.1, 0.15) is 0 Å². The number of likely N-dealkylation sites (tertiary alicyclic amines) is 1. The zero-order valence-corrected chi connectivity index (χ0v) is 11.2. The minimum Gasteiger partial charge on any atom is -0.343 e. The molecule has 0 spiro atoms. The van der Waals surface area contributed by atoms with E-state index in [0.29, 0.717) is 12.1 Å². The number of piperidine rings is 1. The molecule has 0 aromatic carbocycles. The van der Waals surface area contributed by atoms with Crippen molar-refractivity contribution in [3.05, 3.63) is 18.5 Å². The first kappa shape index (κ1) is 13.1. The standard InChI is InChI=1S/C13H22N4O/c1-11(10-17-7-3-6-14-17)15-13-4-8-16(9-5-13)12(2)18/h3,6-7,11,13,15H,4-5,8-10H2,1-2H3. The van der Waals surface area contributed by atoms with Crippen LogP contribution in [0.5, 0.6) is 0 Å². The minimum atomic E-state index is 0.193. The number of carbonyl (C=O) groups is 1. The highest BCUT2D eigenvalue weighted by molar-refractivity contribution is 5.73. The molecular formula is C13H22N4O. The molecule has 1 aliphatic heterocycles. The Balaban J connectivity index is 1.72. The summed E-state index contributed by atoms with van der Waals surface area (Å²) in [5.41, 5.74) is 0. The molecule has 5 heteroatoms. The van der Waals surface area contributed by atoms with E-state index >= 15 is 0 Å². The zero-order valence-electron chi connectivity index (χ0n) is 11.2. The first-order chi connectivity index (χ1) is 8.65. The number of rotatable bonds is 4. The lowest BCUT2D eigenvalue weighted by Gasteiger charge is -2.33. The van der Waals surface area contributed by atoms with E-state index in [4.69, 9.17) is 0 Å². The molecule has 1 unspecified atom stereocenters. The predicted octanol–water partition coefficient (Wildman–Crippen LogP) is 0.872. The fraction of sp³-hybridized carbons (Fsp3) is 0.692. The van der Waals surface area contributed by atoms with E-state index in [0.717, 1.165) is 32.5 Å². The maximum atomic E-state index is 11.2. The summed E-state index contributed by atoms with van der Waals surface area (Å²) in [6, 6.07) is 2.86. The molecule has 0 aliphatic carbocycles. The molecule has 1 atom stereocenters. The largest absolute Gasteiger partial charge is 0.343 e. The van der Waals surface area contributed by atoms with Crippen LogP contribution in [0.3, 0.4) is 0 Å². The third-order valence-corrected chi connectivity index (χ3v) is 3.48. The van der Waals surface area contributed by atoms with Crippen molar-refractivity contribution in [2.45, 2.75) is 45.3 Å². The molecule has 0 saturated carbocycles. The smallest absolute Gasteiger partial charge is 0.219 e. The van der Waals surface area contributed by atoms with Crippen LogP contribution in [0.25, 0.3) is 0 Å². The van der Waals surface area contributed by atoms with E-state index in [9.17, 15) is 4.79 Å². The molecule has 1 aromatic rings. The van der Waals surface area contributed by atoms with Gasteiger partial charge in [0.15, 0.2) is 0 Å². The van der Waals surface area contributed by atoms with Crippen molar-refractivity contribution in [1.29, 1.82) is 0 Å². The maximum absolute atomic E-state index is 11.2. The molecule has 1 amide bonds. The Bertz CT molecular complexity index is 368. The van der Waals surface area contributed by atoms with Crippen molar-refractivity contribution in [3.63, 3.8) is 0 Å². The van der Waals surface area contributed by atoms with Gasteiger partial charge in [-0.2, -0.15) is 5.10 Å². The first-order valence-electron chi connectivity index (χ1n) is 6.64. The van der Waals surface area contributed by atoms with Gasteiger partial charge in [-0.1, -0.05) is 0 Å². The first-order valence-corrected chi connectivity index (χ1v) is 6.64. The molecule has 0 radical (unpaired) electrons. The molecule has 1 fully saturated rings. The Kier molecular flexibility index (Phi) is 4.36. The Hall–Kier alpha value is -1.36. The van der Waals surface area contributed by atoms with Crippen molar-refractivity contribution in [3.8, 4) is 0 Å². The Labute approximate surface area is 108 Å². The third-order valence-electron chi connectivity index (χ3n) is 3.48. The quantitative estimate of drug-likeness (QED) is 0.862. The second-order valence-corrected chi connectivity index (χ2v) is 5.08. The maximum Gasteiger partial charge on any atom is 0.219 e. The average Bonchev–Trinajstić information content (AvgIpc) is 2.82. The number of hydrogen-bond acceptors (Lipinski definition) is 3. The molecule has 5 nitrogen and oxygen atoms in total. The van der Waals surface area contributed by atoms with Crippen molar-refractivity contribution >= 4 is 5.91 Å². The summed E-state index contributed by atoms with van der Waals surface area (Å²) in [5.74, 6) is 0.193. The number of carbonyl (C=O) groups excluding carboxylic acids is 1. The molecule has 1 aliphatic rings. The van der Waals surface area contributed by atoms with Crippen molar-refractivity contribution in [2.24, 2.45) is 0 Å². The molecule has 1 N–H and O–H groups in total. The molecule has 1 aromatic heterocycles. The van der Waals surface area contributed by atoms with Crippen LogP contribution in [0.1, 0.15) is 26.7 Å². The topological polar surface area (TPSA) is 50.2 Å². The summed E-state index contributed by atoms with van der Waals surface area (Å²) in [7, 11) is 0. The van der Waals surface area contributed by atoms with Crippen LogP contribution in [0, 0.1) is 0 Å². The van der Waals surface area contributed by atoms with Crippen LogP contribution in [-0.4, -0.2) is 45.8 Å². The van der Waals surface area contributed by atoms with Gasteiger partial charge in [-0.05, 0) is 25.8 Å². The predicted molar refractivity (Wildman–Crippen MR) is 70.1 cm³/mol. The van der Waals surface area contributed by atoms with Crippen molar-refractivity contribution in [1.82, 2.24) is 20.0 Å². The van der Waals surface area contributed by atoms with Gasteiger partial charge >= 0.3 is 0 Å². The lowest BCUT2D eigenvalue weighted by atomic mass is 10.0. The molecule has 100 valence electrons. The van der Waals surface area contributed by atoms with E-state index in [1.165, 1.54) is 0 Å². The summed E-state index contributed by atoms with van der Waals surface area (Å²) in [4.78, 5) is 13.2. The van der Waals surface area contributed by atoms with Crippen molar-refractivity contribution < 1.29 is 4.79 Å². The van der Waals surface area contributed by atoms with E-state index in [-0.39, 0.29) is 5.91 Å². The van der Waals surface area contributed by atoms with Gasteiger partial charge < -0.3 is 10.2 Å². The van der Waals surface area contributed by atoms with E-state index in [1.807, 2.05) is 21.8 Å².